The predicted octanol–water partition coefficient (Wildman–Crippen LogP) is 3.16. The molecule has 0 spiro atoms. The lowest BCUT2D eigenvalue weighted by Crippen LogP contribution is -2.37. The Morgan fingerprint density at radius 1 is 1.24 bits per heavy atom. The number of morpholine rings is 1. The summed E-state index contributed by atoms with van der Waals surface area (Å²) in [6, 6.07) is 14.7. The minimum Gasteiger partial charge on any atom is -0.497 e. The van der Waals surface area contributed by atoms with Gasteiger partial charge in [0.05, 0.1) is 37.2 Å². The predicted molar refractivity (Wildman–Crippen MR) is 97.7 cm³/mol. The van der Waals surface area contributed by atoms with Gasteiger partial charge in [-0.1, -0.05) is 18.2 Å². The Morgan fingerprint density at radius 3 is 3.04 bits per heavy atom. The summed E-state index contributed by atoms with van der Waals surface area (Å²) in [5, 5.41) is 0. The van der Waals surface area contributed by atoms with Gasteiger partial charge in [0.2, 0.25) is 0 Å². The highest BCUT2D eigenvalue weighted by Gasteiger charge is 2.22. The Bertz CT molecular complexity index is 874. The van der Waals surface area contributed by atoms with Crippen LogP contribution in [-0.4, -0.2) is 41.3 Å². The van der Waals surface area contributed by atoms with Crippen LogP contribution in [0.3, 0.4) is 0 Å². The van der Waals surface area contributed by atoms with E-state index in [1.165, 1.54) is 11.1 Å². The van der Waals surface area contributed by atoms with E-state index in [2.05, 4.69) is 44.8 Å². The molecule has 2 aromatic carbocycles. The van der Waals surface area contributed by atoms with Gasteiger partial charge in [0.25, 0.3) is 0 Å². The fraction of sp³-hybridized carbons (Fsp3) is 0.350. The van der Waals surface area contributed by atoms with Crippen molar-refractivity contribution >= 4 is 11.0 Å². The second-order valence-electron chi connectivity index (χ2n) is 6.55. The molecule has 25 heavy (non-hydrogen) atoms. The zero-order valence-electron chi connectivity index (χ0n) is 14.7. The van der Waals surface area contributed by atoms with Crippen molar-refractivity contribution in [3.63, 3.8) is 0 Å². The van der Waals surface area contributed by atoms with E-state index in [9.17, 15) is 0 Å². The number of methoxy groups -OCH3 is 1. The molecular formula is C20H23N3O2. The summed E-state index contributed by atoms with van der Waals surface area (Å²) in [7, 11) is 3.73. The average molecular weight is 337 g/mol. The van der Waals surface area contributed by atoms with Crippen LogP contribution in [0.15, 0.2) is 48.8 Å². The SMILES string of the molecule is COc1cccc(CN2CCO[C@H](c3ccc4ncn(C)c4c3)C2)c1. The van der Waals surface area contributed by atoms with E-state index in [0.717, 1.165) is 43.0 Å². The lowest BCUT2D eigenvalue weighted by Gasteiger charge is -2.33. The van der Waals surface area contributed by atoms with Gasteiger partial charge < -0.3 is 14.0 Å². The lowest BCUT2D eigenvalue weighted by atomic mass is 10.1. The first kappa shape index (κ1) is 16.1. The molecule has 0 radical (unpaired) electrons. The summed E-state index contributed by atoms with van der Waals surface area (Å²) in [5.41, 5.74) is 4.65. The normalized spacial score (nSPS) is 18.6. The highest BCUT2D eigenvalue weighted by atomic mass is 16.5. The number of fused-ring (bicyclic) bond motifs is 1. The first-order valence-electron chi connectivity index (χ1n) is 8.61. The zero-order chi connectivity index (χ0) is 17.2. The molecule has 3 aromatic rings. The van der Waals surface area contributed by atoms with E-state index in [1.54, 1.807) is 7.11 Å². The second-order valence-corrected chi connectivity index (χ2v) is 6.55. The Morgan fingerprint density at radius 2 is 2.16 bits per heavy atom. The van der Waals surface area contributed by atoms with Crippen LogP contribution in [0.5, 0.6) is 5.75 Å². The van der Waals surface area contributed by atoms with Crippen LogP contribution in [0.25, 0.3) is 11.0 Å². The van der Waals surface area contributed by atoms with Gasteiger partial charge in [-0.3, -0.25) is 4.90 Å². The summed E-state index contributed by atoms with van der Waals surface area (Å²) >= 11 is 0. The average Bonchev–Trinajstić information content (AvgIpc) is 3.02. The molecule has 0 bridgehead atoms. The standard InChI is InChI=1S/C20H23N3O2/c1-22-14-21-18-7-6-16(11-19(18)22)20-13-23(8-9-25-20)12-15-4-3-5-17(10-15)24-2/h3-7,10-11,14,20H,8-9,12-13H2,1-2H3/t20-/m0/s1. The Kier molecular flexibility index (Phi) is 4.42. The fourth-order valence-electron chi connectivity index (χ4n) is 3.42. The van der Waals surface area contributed by atoms with Gasteiger partial charge in [0.15, 0.2) is 0 Å². The smallest absolute Gasteiger partial charge is 0.119 e. The highest BCUT2D eigenvalue weighted by Crippen LogP contribution is 2.26. The molecule has 130 valence electrons. The summed E-state index contributed by atoms with van der Waals surface area (Å²) in [6.07, 6.45) is 1.95. The topological polar surface area (TPSA) is 39.5 Å². The Labute approximate surface area is 147 Å². The molecule has 1 aromatic heterocycles. The number of benzene rings is 2. The first-order valence-corrected chi connectivity index (χ1v) is 8.61. The summed E-state index contributed by atoms with van der Waals surface area (Å²) in [5.74, 6) is 0.906. The molecule has 1 aliphatic heterocycles. The molecule has 0 saturated carbocycles. The molecule has 4 rings (SSSR count). The molecule has 0 N–H and O–H groups in total. The number of imidazole rings is 1. The van der Waals surface area contributed by atoms with E-state index in [1.807, 2.05) is 25.5 Å². The maximum Gasteiger partial charge on any atom is 0.119 e. The van der Waals surface area contributed by atoms with Crippen molar-refractivity contribution in [3.05, 3.63) is 59.9 Å². The summed E-state index contributed by atoms with van der Waals surface area (Å²) < 4.78 is 13.4. The van der Waals surface area contributed by atoms with E-state index in [4.69, 9.17) is 9.47 Å². The summed E-state index contributed by atoms with van der Waals surface area (Å²) in [6.45, 7) is 3.49. The van der Waals surface area contributed by atoms with E-state index in [-0.39, 0.29) is 6.10 Å². The summed E-state index contributed by atoms with van der Waals surface area (Å²) in [4.78, 5) is 6.83. The van der Waals surface area contributed by atoms with E-state index in [0.29, 0.717) is 0 Å². The molecule has 5 nitrogen and oxygen atoms in total. The second kappa shape index (κ2) is 6.86. The van der Waals surface area contributed by atoms with Gasteiger partial charge in [-0.05, 0) is 35.4 Å². The first-order chi connectivity index (χ1) is 12.2. The van der Waals surface area contributed by atoms with Crippen LogP contribution in [0, 0.1) is 0 Å². The number of aryl methyl sites for hydroxylation is 1. The molecule has 0 unspecified atom stereocenters. The Hall–Kier alpha value is -2.37. The van der Waals surface area contributed by atoms with Crippen molar-refractivity contribution in [2.45, 2.75) is 12.6 Å². The van der Waals surface area contributed by atoms with Gasteiger partial charge in [0.1, 0.15) is 5.75 Å². The quantitative estimate of drug-likeness (QED) is 0.733. The van der Waals surface area contributed by atoms with Gasteiger partial charge in [-0.15, -0.1) is 0 Å². The van der Waals surface area contributed by atoms with Crippen LogP contribution in [0.2, 0.25) is 0 Å². The molecular weight excluding hydrogens is 314 g/mol. The van der Waals surface area contributed by atoms with Crippen molar-refractivity contribution < 1.29 is 9.47 Å². The van der Waals surface area contributed by atoms with E-state index >= 15 is 0 Å². The van der Waals surface area contributed by atoms with Crippen LogP contribution in [0.4, 0.5) is 0 Å². The molecule has 1 aliphatic rings. The van der Waals surface area contributed by atoms with Gasteiger partial charge in [-0.2, -0.15) is 0 Å². The molecule has 1 fully saturated rings. The number of ether oxygens (including phenoxy) is 2. The van der Waals surface area contributed by atoms with Gasteiger partial charge in [0, 0.05) is 26.7 Å². The Balaban J connectivity index is 1.50. The highest BCUT2D eigenvalue weighted by molar-refractivity contribution is 5.76. The van der Waals surface area contributed by atoms with Crippen LogP contribution in [0.1, 0.15) is 17.2 Å². The number of aromatic nitrogens is 2. The number of hydrogen-bond donors (Lipinski definition) is 0. The van der Waals surface area contributed by atoms with Gasteiger partial charge >= 0.3 is 0 Å². The maximum atomic E-state index is 6.05. The molecule has 0 aliphatic carbocycles. The van der Waals surface area contributed by atoms with Crippen molar-refractivity contribution in [2.75, 3.05) is 26.8 Å². The van der Waals surface area contributed by atoms with Crippen molar-refractivity contribution in [1.29, 1.82) is 0 Å². The number of nitrogens with zero attached hydrogens (tertiary/aromatic N) is 3. The third-order valence-corrected chi connectivity index (χ3v) is 4.81. The molecule has 2 heterocycles. The fourth-order valence-corrected chi connectivity index (χ4v) is 3.42. The maximum absolute atomic E-state index is 6.05. The van der Waals surface area contributed by atoms with E-state index < -0.39 is 0 Å². The van der Waals surface area contributed by atoms with Gasteiger partial charge in [-0.25, -0.2) is 4.98 Å². The largest absolute Gasteiger partial charge is 0.497 e. The van der Waals surface area contributed by atoms with Crippen molar-refractivity contribution in [1.82, 2.24) is 14.5 Å². The van der Waals surface area contributed by atoms with Crippen molar-refractivity contribution in [3.8, 4) is 5.75 Å². The number of rotatable bonds is 4. The monoisotopic (exact) mass is 337 g/mol. The van der Waals surface area contributed by atoms with Crippen LogP contribution in [-0.2, 0) is 18.3 Å². The number of hydrogen-bond acceptors (Lipinski definition) is 4. The molecule has 1 saturated heterocycles. The third kappa shape index (κ3) is 3.38. The lowest BCUT2D eigenvalue weighted by molar-refractivity contribution is -0.0328. The molecule has 5 heteroatoms. The molecule has 0 amide bonds. The third-order valence-electron chi connectivity index (χ3n) is 4.81. The van der Waals surface area contributed by atoms with Crippen LogP contribution >= 0.6 is 0 Å². The van der Waals surface area contributed by atoms with Crippen LogP contribution < -0.4 is 4.74 Å². The molecule has 1 atom stereocenters. The zero-order valence-corrected chi connectivity index (χ0v) is 14.7. The minimum atomic E-state index is 0.0960. The minimum absolute atomic E-state index is 0.0960. The van der Waals surface area contributed by atoms with Crippen molar-refractivity contribution in [2.24, 2.45) is 7.05 Å².